The number of halogens is 3. The van der Waals surface area contributed by atoms with E-state index >= 15 is 0 Å². The van der Waals surface area contributed by atoms with Gasteiger partial charge in [0.1, 0.15) is 5.84 Å². The lowest BCUT2D eigenvalue weighted by atomic mass is 10.1. The highest BCUT2D eigenvalue weighted by Crippen LogP contribution is 2.29. The van der Waals surface area contributed by atoms with Gasteiger partial charge in [0.05, 0.1) is 5.56 Å². The van der Waals surface area contributed by atoms with E-state index in [9.17, 15) is 13.2 Å². The third-order valence-electron chi connectivity index (χ3n) is 4.06. The van der Waals surface area contributed by atoms with Gasteiger partial charge in [0.15, 0.2) is 5.11 Å². The van der Waals surface area contributed by atoms with E-state index in [0.29, 0.717) is 17.9 Å². The van der Waals surface area contributed by atoms with Crippen molar-refractivity contribution < 1.29 is 13.2 Å². The lowest BCUT2D eigenvalue weighted by molar-refractivity contribution is -0.137. The molecule has 0 aliphatic carbocycles. The maximum absolute atomic E-state index is 12.5. The van der Waals surface area contributed by atoms with Crippen molar-refractivity contribution in [3.63, 3.8) is 0 Å². The summed E-state index contributed by atoms with van der Waals surface area (Å²) in [6, 6.07) is 4.63. The maximum Gasteiger partial charge on any atom is 0.416 e. The Morgan fingerprint density at radius 1 is 1.16 bits per heavy atom. The van der Waals surface area contributed by atoms with Crippen LogP contribution in [-0.4, -0.2) is 35.5 Å². The second-order valence-electron chi connectivity index (χ2n) is 6.11. The van der Waals surface area contributed by atoms with Crippen LogP contribution in [0.4, 0.5) is 18.9 Å². The number of benzene rings is 1. The number of alkyl halides is 3. The Morgan fingerprint density at radius 3 is 2.40 bits per heavy atom. The standard InChI is InChI=1S/C17H23F3N4S/c18-17(19,20)13-6-8-14(9-7-13)22-16(25)23-15(21)5-4-12-24-10-2-1-3-11-24/h6-9H,1-5,10-12H2,(H3,21,22,23,25). The van der Waals surface area contributed by atoms with Gasteiger partial charge in [-0.25, -0.2) is 4.99 Å². The third-order valence-corrected chi connectivity index (χ3v) is 4.26. The molecular weight excluding hydrogens is 349 g/mol. The van der Waals surface area contributed by atoms with Crippen LogP contribution in [0.2, 0.25) is 0 Å². The van der Waals surface area contributed by atoms with Crippen LogP contribution < -0.4 is 11.1 Å². The molecule has 138 valence electrons. The smallest absolute Gasteiger partial charge is 0.387 e. The van der Waals surface area contributed by atoms with Crippen molar-refractivity contribution in [1.29, 1.82) is 0 Å². The minimum Gasteiger partial charge on any atom is -0.387 e. The highest BCUT2D eigenvalue weighted by Gasteiger charge is 2.29. The summed E-state index contributed by atoms with van der Waals surface area (Å²) < 4.78 is 37.6. The Balaban J connectivity index is 1.76. The van der Waals surface area contributed by atoms with Crippen molar-refractivity contribution in [2.24, 2.45) is 10.7 Å². The lowest BCUT2D eigenvalue weighted by Crippen LogP contribution is -2.31. The normalized spacial score (nSPS) is 16.7. The summed E-state index contributed by atoms with van der Waals surface area (Å²) in [5, 5.41) is 2.93. The molecule has 0 bridgehead atoms. The Hall–Kier alpha value is -1.67. The van der Waals surface area contributed by atoms with Crippen LogP contribution in [0.15, 0.2) is 29.3 Å². The monoisotopic (exact) mass is 372 g/mol. The lowest BCUT2D eigenvalue weighted by Gasteiger charge is -2.26. The molecule has 1 aliphatic heterocycles. The molecule has 1 aromatic rings. The van der Waals surface area contributed by atoms with Crippen molar-refractivity contribution in [1.82, 2.24) is 4.90 Å². The number of anilines is 1. The van der Waals surface area contributed by atoms with Crippen LogP contribution in [0.25, 0.3) is 0 Å². The van der Waals surface area contributed by atoms with Crippen LogP contribution in [0.5, 0.6) is 0 Å². The number of rotatable bonds is 5. The summed E-state index contributed by atoms with van der Waals surface area (Å²) in [4.78, 5) is 6.53. The van der Waals surface area contributed by atoms with E-state index < -0.39 is 11.7 Å². The Bertz CT molecular complexity index is 593. The molecule has 2 rings (SSSR count). The van der Waals surface area contributed by atoms with Crippen molar-refractivity contribution in [3.05, 3.63) is 29.8 Å². The fraction of sp³-hybridized carbons (Fsp3) is 0.529. The third kappa shape index (κ3) is 6.99. The van der Waals surface area contributed by atoms with Gasteiger partial charge in [0.2, 0.25) is 0 Å². The van der Waals surface area contributed by atoms with Crippen LogP contribution >= 0.6 is 12.2 Å². The first-order valence-corrected chi connectivity index (χ1v) is 8.79. The van der Waals surface area contributed by atoms with E-state index in [2.05, 4.69) is 15.2 Å². The number of piperidine rings is 1. The van der Waals surface area contributed by atoms with Gasteiger partial charge >= 0.3 is 6.18 Å². The van der Waals surface area contributed by atoms with Gasteiger partial charge in [0, 0.05) is 12.1 Å². The van der Waals surface area contributed by atoms with E-state index in [4.69, 9.17) is 18.0 Å². The van der Waals surface area contributed by atoms with E-state index in [-0.39, 0.29) is 5.11 Å². The molecule has 1 aromatic carbocycles. The first-order chi connectivity index (χ1) is 11.8. The first kappa shape index (κ1) is 19.7. The predicted molar refractivity (Wildman–Crippen MR) is 98.8 cm³/mol. The van der Waals surface area contributed by atoms with Crippen molar-refractivity contribution in [2.45, 2.75) is 38.3 Å². The first-order valence-electron chi connectivity index (χ1n) is 8.38. The fourth-order valence-electron chi connectivity index (χ4n) is 2.75. The van der Waals surface area contributed by atoms with Gasteiger partial charge in [-0.1, -0.05) is 6.42 Å². The van der Waals surface area contributed by atoms with Gasteiger partial charge < -0.3 is 16.0 Å². The van der Waals surface area contributed by atoms with E-state index in [0.717, 1.165) is 38.2 Å². The number of nitrogens with one attached hydrogen (secondary N) is 1. The summed E-state index contributed by atoms with van der Waals surface area (Å²) >= 11 is 5.08. The zero-order valence-corrected chi connectivity index (χ0v) is 14.8. The SMILES string of the molecule is NC(CCCN1CCCCC1)=NC(=S)Nc1ccc(C(F)(F)F)cc1. The molecule has 0 unspecified atom stereocenters. The second-order valence-corrected chi connectivity index (χ2v) is 6.50. The van der Waals surface area contributed by atoms with Crippen molar-refractivity contribution in [2.75, 3.05) is 25.0 Å². The zero-order chi connectivity index (χ0) is 18.3. The van der Waals surface area contributed by atoms with Gasteiger partial charge in [0.25, 0.3) is 0 Å². The minimum absolute atomic E-state index is 0.148. The average molecular weight is 372 g/mol. The Labute approximate surface area is 151 Å². The Kier molecular flexibility index (Phi) is 7.19. The highest BCUT2D eigenvalue weighted by atomic mass is 32.1. The zero-order valence-electron chi connectivity index (χ0n) is 14.0. The number of amidine groups is 1. The molecule has 0 spiro atoms. The molecule has 0 aromatic heterocycles. The molecule has 4 nitrogen and oxygen atoms in total. The number of aliphatic imine (C=N–C) groups is 1. The number of hydrogen-bond acceptors (Lipinski definition) is 2. The van der Waals surface area contributed by atoms with Gasteiger partial charge in [-0.3, -0.25) is 0 Å². The molecule has 1 aliphatic rings. The molecule has 1 saturated heterocycles. The molecule has 1 fully saturated rings. The van der Waals surface area contributed by atoms with Gasteiger partial charge in [-0.2, -0.15) is 13.2 Å². The van der Waals surface area contributed by atoms with Crippen LogP contribution in [-0.2, 0) is 6.18 Å². The molecule has 0 saturated carbocycles. The number of likely N-dealkylation sites (tertiary alicyclic amines) is 1. The molecule has 8 heteroatoms. The molecule has 0 radical (unpaired) electrons. The van der Waals surface area contributed by atoms with Crippen LogP contribution in [0, 0.1) is 0 Å². The number of thiocarbonyl (C=S) groups is 1. The fourth-order valence-corrected chi connectivity index (χ4v) is 2.98. The van der Waals surface area contributed by atoms with Crippen LogP contribution in [0.1, 0.15) is 37.7 Å². The van der Waals surface area contributed by atoms with E-state index in [1.807, 2.05) is 0 Å². The molecule has 0 amide bonds. The summed E-state index contributed by atoms with van der Waals surface area (Å²) in [7, 11) is 0. The predicted octanol–water partition coefficient (Wildman–Crippen LogP) is 4.03. The Morgan fingerprint density at radius 2 is 1.80 bits per heavy atom. The van der Waals surface area contributed by atoms with Gasteiger partial charge in [-0.15, -0.1) is 0 Å². The number of nitrogens with zero attached hydrogens (tertiary/aromatic N) is 2. The topological polar surface area (TPSA) is 53.6 Å². The number of hydrogen-bond donors (Lipinski definition) is 2. The largest absolute Gasteiger partial charge is 0.416 e. The summed E-state index contributed by atoms with van der Waals surface area (Å²) in [6.07, 6.45) is 1.03. The van der Waals surface area contributed by atoms with Gasteiger partial charge in [-0.05, 0) is 75.4 Å². The maximum atomic E-state index is 12.5. The molecule has 0 atom stereocenters. The van der Waals surface area contributed by atoms with E-state index in [1.54, 1.807) is 0 Å². The molecule has 1 heterocycles. The average Bonchev–Trinajstić information content (AvgIpc) is 2.55. The molecule has 3 N–H and O–H groups in total. The molecular formula is C17H23F3N4S. The second kappa shape index (κ2) is 9.15. The summed E-state index contributed by atoms with van der Waals surface area (Å²) in [5.41, 5.74) is 5.62. The highest BCUT2D eigenvalue weighted by molar-refractivity contribution is 7.80. The quantitative estimate of drug-likeness (QED) is 0.466. The van der Waals surface area contributed by atoms with Crippen molar-refractivity contribution in [3.8, 4) is 0 Å². The van der Waals surface area contributed by atoms with Crippen LogP contribution in [0.3, 0.4) is 0 Å². The summed E-state index contributed by atoms with van der Waals surface area (Å²) in [5.74, 6) is 0.432. The number of nitrogens with two attached hydrogens (primary N) is 1. The summed E-state index contributed by atoms with van der Waals surface area (Å²) in [6.45, 7) is 3.28. The van der Waals surface area contributed by atoms with E-state index in [1.165, 1.54) is 31.4 Å². The molecule has 25 heavy (non-hydrogen) atoms. The van der Waals surface area contributed by atoms with Crippen molar-refractivity contribution >= 4 is 28.9 Å². The minimum atomic E-state index is -4.35.